The van der Waals surface area contributed by atoms with Crippen LogP contribution in [0, 0.1) is 0 Å². The lowest BCUT2D eigenvalue weighted by Gasteiger charge is -2.04. The predicted molar refractivity (Wildman–Crippen MR) is 48.0 cm³/mol. The van der Waals surface area contributed by atoms with Crippen molar-refractivity contribution in [1.82, 2.24) is 0 Å². The molecule has 1 aliphatic heterocycles. The maximum Gasteiger partial charge on any atom is 0.373 e. The molecule has 0 N–H and O–H groups in total. The van der Waals surface area contributed by atoms with E-state index in [1.54, 1.807) is 12.1 Å². The van der Waals surface area contributed by atoms with Crippen LogP contribution in [0.2, 0.25) is 0 Å². The largest absolute Gasteiger partial charge is 0.463 e. The van der Waals surface area contributed by atoms with Gasteiger partial charge in [0.1, 0.15) is 11.9 Å². The van der Waals surface area contributed by atoms with E-state index in [2.05, 4.69) is 4.74 Å². The number of hydrogen-bond acceptors (Lipinski definition) is 4. The Morgan fingerprint density at radius 2 is 2.43 bits per heavy atom. The van der Waals surface area contributed by atoms with Crippen molar-refractivity contribution in [3.8, 4) is 0 Å². The van der Waals surface area contributed by atoms with Crippen LogP contribution < -0.4 is 0 Å². The molecule has 4 nitrogen and oxygen atoms in total. The van der Waals surface area contributed by atoms with Crippen molar-refractivity contribution < 1.29 is 18.7 Å². The van der Waals surface area contributed by atoms with Crippen LogP contribution in [0.25, 0.3) is 0 Å². The molecule has 1 aliphatic rings. The molecule has 1 aromatic heterocycles. The highest BCUT2D eigenvalue weighted by atomic mass is 16.5. The molecular weight excluding hydrogens is 184 g/mol. The van der Waals surface area contributed by atoms with Gasteiger partial charge < -0.3 is 13.9 Å². The Morgan fingerprint density at radius 3 is 3.07 bits per heavy atom. The lowest BCUT2D eigenvalue weighted by Crippen LogP contribution is -1.99. The fraction of sp³-hybridized carbons (Fsp3) is 0.500. The van der Waals surface area contributed by atoms with Crippen molar-refractivity contribution in [1.29, 1.82) is 0 Å². The molecule has 1 fully saturated rings. The van der Waals surface area contributed by atoms with Crippen molar-refractivity contribution in [2.75, 3.05) is 13.7 Å². The smallest absolute Gasteiger partial charge is 0.373 e. The van der Waals surface area contributed by atoms with Crippen LogP contribution in [-0.2, 0) is 9.47 Å². The third-order valence-electron chi connectivity index (χ3n) is 2.26. The second kappa shape index (κ2) is 3.84. The first-order chi connectivity index (χ1) is 6.81. The minimum atomic E-state index is -0.450. The van der Waals surface area contributed by atoms with Gasteiger partial charge in [-0.3, -0.25) is 0 Å². The van der Waals surface area contributed by atoms with Gasteiger partial charge in [0.05, 0.1) is 7.11 Å². The van der Waals surface area contributed by atoms with E-state index in [1.807, 2.05) is 0 Å². The van der Waals surface area contributed by atoms with E-state index in [9.17, 15) is 4.79 Å². The van der Waals surface area contributed by atoms with Gasteiger partial charge in [0.15, 0.2) is 0 Å². The van der Waals surface area contributed by atoms with Gasteiger partial charge in [0, 0.05) is 6.61 Å². The molecule has 2 rings (SSSR count). The van der Waals surface area contributed by atoms with E-state index in [4.69, 9.17) is 9.15 Å². The lowest BCUT2D eigenvalue weighted by molar-refractivity contribution is 0.0545. The molecule has 0 aromatic carbocycles. The van der Waals surface area contributed by atoms with E-state index in [0.717, 1.165) is 19.4 Å². The van der Waals surface area contributed by atoms with Gasteiger partial charge in [-0.15, -0.1) is 0 Å². The molecule has 1 saturated heterocycles. The summed E-state index contributed by atoms with van der Waals surface area (Å²) in [5.41, 5.74) is 0. The fourth-order valence-corrected chi connectivity index (χ4v) is 1.54. The minimum absolute atomic E-state index is 0.00778. The highest BCUT2D eigenvalue weighted by Crippen LogP contribution is 2.29. The fourth-order valence-electron chi connectivity index (χ4n) is 1.54. The summed E-state index contributed by atoms with van der Waals surface area (Å²) in [5, 5.41) is 0. The standard InChI is InChI=1S/C10H12O4/c1-12-10(11)9-5-4-8(14-9)7-3-2-6-13-7/h4-5,7H,2-3,6H2,1H3. The van der Waals surface area contributed by atoms with Crippen LogP contribution in [0.1, 0.15) is 35.3 Å². The molecular formula is C10H12O4. The van der Waals surface area contributed by atoms with Gasteiger partial charge in [-0.1, -0.05) is 0 Å². The highest BCUT2D eigenvalue weighted by molar-refractivity contribution is 5.86. The molecule has 4 heteroatoms. The van der Waals surface area contributed by atoms with Crippen molar-refractivity contribution >= 4 is 5.97 Å². The molecule has 1 unspecified atom stereocenters. The third kappa shape index (κ3) is 1.65. The zero-order valence-corrected chi connectivity index (χ0v) is 7.99. The monoisotopic (exact) mass is 196 g/mol. The number of esters is 1. The second-order valence-electron chi connectivity index (χ2n) is 3.20. The lowest BCUT2D eigenvalue weighted by atomic mass is 10.2. The normalized spacial score (nSPS) is 21.1. The zero-order valence-electron chi connectivity index (χ0n) is 7.99. The molecule has 1 atom stereocenters. The van der Waals surface area contributed by atoms with E-state index in [-0.39, 0.29) is 11.9 Å². The summed E-state index contributed by atoms with van der Waals surface area (Å²) >= 11 is 0. The molecule has 0 spiro atoms. The maximum atomic E-state index is 11.1. The van der Waals surface area contributed by atoms with Crippen molar-refractivity contribution in [2.45, 2.75) is 18.9 Å². The van der Waals surface area contributed by atoms with Crippen LogP contribution >= 0.6 is 0 Å². The number of furan rings is 1. The molecule has 14 heavy (non-hydrogen) atoms. The number of methoxy groups -OCH3 is 1. The summed E-state index contributed by atoms with van der Waals surface area (Å²) in [6.45, 7) is 0.763. The van der Waals surface area contributed by atoms with Crippen LogP contribution in [0.3, 0.4) is 0 Å². The van der Waals surface area contributed by atoms with Crippen molar-refractivity contribution in [3.05, 3.63) is 23.7 Å². The van der Waals surface area contributed by atoms with E-state index in [0.29, 0.717) is 5.76 Å². The summed E-state index contributed by atoms with van der Waals surface area (Å²) < 4.78 is 15.3. The highest BCUT2D eigenvalue weighted by Gasteiger charge is 2.22. The number of carbonyl (C=O) groups excluding carboxylic acids is 1. The number of ether oxygens (including phenoxy) is 2. The number of carbonyl (C=O) groups is 1. The van der Waals surface area contributed by atoms with Gasteiger partial charge in [-0.2, -0.15) is 0 Å². The minimum Gasteiger partial charge on any atom is -0.463 e. The summed E-state index contributed by atoms with van der Waals surface area (Å²) in [5.74, 6) is 0.496. The van der Waals surface area contributed by atoms with Crippen LogP contribution in [0.15, 0.2) is 16.5 Å². The Balaban J connectivity index is 2.12. The first kappa shape index (κ1) is 9.27. The maximum absolute atomic E-state index is 11.1. The van der Waals surface area contributed by atoms with Gasteiger partial charge in [0.2, 0.25) is 5.76 Å². The topological polar surface area (TPSA) is 48.7 Å². The van der Waals surface area contributed by atoms with Crippen LogP contribution in [-0.4, -0.2) is 19.7 Å². The first-order valence-corrected chi connectivity index (χ1v) is 4.61. The summed E-state index contributed by atoms with van der Waals surface area (Å²) in [6.07, 6.45) is 2.00. The summed E-state index contributed by atoms with van der Waals surface area (Å²) in [6, 6.07) is 3.38. The van der Waals surface area contributed by atoms with E-state index >= 15 is 0 Å². The molecule has 1 aromatic rings. The Kier molecular flexibility index (Phi) is 2.54. The van der Waals surface area contributed by atoms with Gasteiger partial charge in [-0.25, -0.2) is 4.79 Å². The van der Waals surface area contributed by atoms with Crippen LogP contribution in [0.5, 0.6) is 0 Å². The summed E-state index contributed by atoms with van der Waals surface area (Å²) in [7, 11) is 1.33. The van der Waals surface area contributed by atoms with Crippen molar-refractivity contribution in [2.24, 2.45) is 0 Å². The number of rotatable bonds is 2. The van der Waals surface area contributed by atoms with Crippen molar-refractivity contribution in [3.63, 3.8) is 0 Å². The average Bonchev–Trinajstić information content (AvgIpc) is 2.86. The average molecular weight is 196 g/mol. The third-order valence-corrected chi connectivity index (χ3v) is 2.26. The number of hydrogen-bond donors (Lipinski definition) is 0. The Morgan fingerprint density at radius 1 is 1.57 bits per heavy atom. The Bertz CT molecular complexity index is 323. The van der Waals surface area contributed by atoms with Gasteiger partial charge in [0.25, 0.3) is 0 Å². The molecule has 0 saturated carbocycles. The Hall–Kier alpha value is -1.29. The van der Waals surface area contributed by atoms with E-state index in [1.165, 1.54) is 7.11 Å². The van der Waals surface area contributed by atoms with E-state index < -0.39 is 5.97 Å². The quantitative estimate of drug-likeness (QED) is 0.678. The predicted octanol–water partition coefficient (Wildman–Crippen LogP) is 1.92. The molecule has 0 radical (unpaired) electrons. The Labute approximate surface area is 81.8 Å². The van der Waals surface area contributed by atoms with Gasteiger partial charge >= 0.3 is 5.97 Å². The molecule has 0 aliphatic carbocycles. The SMILES string of the molecule is COC(=O)c1ccc(C2CCCO2)o1. The zero-order chi connectivity index (χ0) is 9.97. The molecule has 0 amide bonds. The first-order valence-electron chi connectivity index (χ1n) is 4.61. The summed E-state index contributed by atoms with van der Waals surface area (Å²) in [4.78, 5) is 11.1. The van der Waals surface area contributed by atoms with Crippen LogP contribution in [0.4, 0.5) is 0 Å². The van der Waals surface area contributed by atoms with Gasteiger partial charge in [-0.05, 0) is 25.0 Å². The molecule has 76 valence electrons. The molecule has 2 heterocycles. The molecule has 0 bridgehead atoms. The second-order valence-corrected chi connectivity index (χ2v) is 3.20.